The molecule has 1 aliphatic carbocycles. The number of carboxylic acid groups (broad SMARTS) is 1. The molecule has 4 rings (SSSR count). The van der Waals surface area contributed by atoms with Crippen LogP contribution >= 0.6 is 0 Å². The highest BCUT2D eigenvalue weighted by Crippen LogP contribution is 2.36. The number of rotatable bonds is 8. The van der Waals surface area contributed by atoms with Crippen molar-refractivity contribution in [2.24, 2.45) is 0 Å². The number of hydrogen-bond acceptors (Lipinski definition) is 3. The molecule has 0 fully saturated rings. The van der Waals surface area contributed by atoms with Crippen LogP contribution in [-0.4, -0.2) is 23.3 Å². The van der Waals surface area contributed by atoms with Crippen LogP contribution in [-0.2, 0) is 32.3 Å². The highest BCUT2D eigenvalue weighted by Gasteiger charge is 2.22. The number of aryl methyl sites for hydroxylation is 2. The summed E-state index contributed by atoms with van der Waals surface area (Å²) in [5.74, 6) is -0.443. The van der Waals surface area contributed by atoms with Crippen molar-refractivity contribution < 1.29 is 24.1 Å². The molecule has 0 heterocycles. The molecule has 3 aromatic carbocycles. The summed E-state index contributed by atoms with van der Waals surface area (Å²) in [5.41, 5.74) is 6.95. The second-order valence-electron chi connectivity index (χ2n) is 8.02. The lowest BCUT2D eigenvalue weighted by Crippen LogP contribution is -2.02. The van der Waals surface area contributed by atoms with Crippen LogP contribution in [0.1, 0.15) is 43.7 Å². The van der Waals surface area contributed by atoms with Gasteiger partial charge < -0.3 is 14.9 Å². The van der Waals surface area contributed by atoms with Gasteiger partial charge in [-0.05, 0) is 95.0 Å². The summed E-state index contributed by atoms with van der Waals surface area (Å²) in [6, 6.07) is 16.0. The van der Waals surface area contributed by atoms with E-state index >= 15 is 0 Å². The van der Waals surface area contributed by atoms with Gasteiger partial charge in [-0.15, -0.1) is 0 Å². The minimum Gasteiger partial charge on any atom is -0.497 e. The fraction of sp³-hybridized carbons (Fsp3) is 0.222. The standard InChI is InChI=1S/C27H25FO4/c1-32-23-14-18(12-19(15-23)16-29)13-22-8-10-24-25(28)11-9-20(26(22)24)5-2-17-3-6-21(7-4-17)27(30)31/h3-4,6-9,11-12,14-15,29H,2,5,10,13,16H2,1H3,(H,30,31). The first-order valence-electron chi connectivity index (χ1n) is 10.6. The molecule has 164 valence electrons. The number of carboxylic acids is 1. The van der Waals surface area contributed by atoms with Crippen LogP contribution in [0.5, 0.6) is 5.75 Å². The number of fused-ring (bicyclic) bond motifs is 1. The lowest BCUT2D eigenvalue weighted by molar-refractivity contribution is 0.0697. The number of aliphatic hydroxyl groups excluding tert-OH is 1. The summed E-state index contributed by atoms with van der Waals surface area (Å²) in [5, 5.41) is 18.6. The van der Waals surface area contributed by atoms with Gasteiger partial charge in [0.15, 0.2) is 0 Å². The second-order valence-corrected chi connectivity index (χ2v) is 8.02. The second kappa shape index (κ2) is 9.37. The van der Waals surface area contributed by atoms with E-state index in [1.54, 1.807) is 25.3 Å². The number of hydrogen-bond donors (Lipinski definition) is 2. The molecule has 0 aromatic heterocycles. The summed E-state index contributed by atoms with van der Waals surface area (Å²) in [6.45, 7) is -0.0691. The van der Waals surface area contributed by atoms with Crippen molar-refractivity contribution in [1.29, 1.82) is 0 Å². The average molecular weight is 432 g/mol. The van der Waals surface area contributed by atoms with Gasteiger partial charge in [0.1, 0.15) is 11.6 Å². The summed E-state index contributed by atoms with van der Waals surface area (Å²) in [6.07, 6.45) is 4.73. The monoisotopic (exact) mass is 432 g/mol. The minimum atomic E-state index is -0.940. The molecule has 0 aliphatic heterocycles. The quantitative estimate of drug-likeness (QED) is 0.526. The molecule has 0 saturated carbocycles. The zero-order chi connectivity index (χ0) is 22.7. The molecule has 0 radical (unpaired) electrons. The van der Waals surface area contributed by atoms with Crippen LogP contribution < -0.4 is 4.74 Å². The number of methoxy groups -OCH3 is 1. The van der Waals surface area contributed by atoms with E-state index in [4.69, 9.17) is 9.84 Å². The van der Waals surface area contributed by atoms with Gasteiger partial charge in [-0.25, -0.2) is 9.18 Å². The van der Waals surface area contributed by atoms with Crippen LogP contribution in [0.25, 0.3) is 5.57 Å². The topological polar surface area (TPSA) is 66.8 Å². The molecule has 4 nitrogen and oxygen atoms in total. The van der Waals surface area contributed by atoms with Gasteiger partial charge in [0.05, 0.1) is 19.3 Å². The smallest absolute Gasteiger partial charge is 0.335 e. The van der Waals surface area contributed by atoms with Crippen molar-refractivity contribution >= 4 is 11.5 Å². The first-order valence-corrected chi connectivity index (χ1v) is 10.6. The molecular weight excluding hydrogens is 407 g/mol. The van der Waals surface area contributed by atoms with Crippen LogP contribution in [0.3, 0.4) is 0 Å². The fourth-order valence-corrected chi connectivity index (χ4v) is 4.32. The Morgan fingerprint density at radius 2 is 1.75 bits per heavy atom. The van der Waals surface area contributed by atoms with Crippen molar-refractivity contribution in [2.75, 3.05) is 7.11 Å². The number of ether oxygens (including phenoxy) is 1. The predicted octanol–water partition coefficient (Wildman–Crippen LogP) is 4.99. The Morgan fingerprint density at radius 3 is 2.44 bits per heavy atom. The first-order chi connectivity index (χ1) is 15.5. The lowest BCUT2D eigenvalue weighted by atomic mass is 9.91. The molecule has 0 saturated heterocycles. The van der Waals surface area contributed by atoms with Crippen molar-refractivity contribution in [3.8, 4) is 5.75 Å². The third kappa shape index (κ3) is 4.58. The molecule has 2 N–H and O–H groups in total. The van der Waals surface area contributed by atoms with Gasteiger partial charge in [0.25, 0.3) is 0 Å². The molecule has 0 unspecified atom stereocenters. The van der Waals surface area contributed by atoms with Gasteiger partial charge in [0, 0.05) is 0 Å². The average Bonchev–Trinajstić information content (AvgIpc) is 3.23. The first kappa shape index (κ1) is 21.8. The van der Waals surface area contributed by atoms with Crippen molar-refractivity contribution in [3.05, 3.63) is 105 Å². The highest BCUT2D eigenvalue weighted by molar-refractivity contribution is 5.87. The van der Waals surface area contributed by atoms with Crippen LogP contribution in [0.15, 0.2) is 60.7 Å². The maximum absolute atomic E-state index is 14.6. The van der Waals surface area contributed by atoms with Gasteiger partial charge in [-0.1, -0.05) is 30.3 Å². The molecule has 0 atom stereocenters. The Morgan fingerprint density at radius 1 is 1.00 bits per heavy atom. The molecule has 5 heteroatoms. The number of halogens is 1. The zero-order valence-electron chi connectivity index (χ0n) is 17.9. The maximum Gasteiger partial charge on any atom is 0.335 e. The van der Waals surface area contributed by atoms with Gasteiger partial charge >= 0.3 is 5.97 Å². The Labute approximate surface area is 186 Å². The molecule has 0 spiro atoms. The van der Waals surface area contributed by atoms with E-state index in [1.807, 2.05) is 30.3 Å². The lowest BCUT2D eigenvalue weighted by Gasteiger charge is -2.15. The van der Waals surface area contributed by atoms with Gasteiger partial charge in [-0.2, -0.15) is 0 Å². The number of carbonyl (C=O) groups is 1. The summed E-state index contributed by atoms with van der Waals surface area (Å²) >= 11 is 0. The van der Waals surface area contributed by atoms with Crippen LogP contribution in [0.4, 0.5) is 4.39 Å². The zero-order valence-corrected chi connectivity index (χ0v) is 17.9. The fourth-order valence-electron chi connectivity index (χ4n) is 4.32. The number of benzene rings is 3. The molecule has 32 heavy (non-hydrogen) atoms. The van der Waals surface area contributed by atoms with Crippen molar-refractivity contribution in [1.82, 2.24) is 0 Å². The third-order valence-corrected chi connectivity index (χ3v) is 5.94. The van der Waals surface area contributed by atoms with Crippen LogP contribution in [0, 0.1) is 5.82 Å². The largest absolute Gasteiger partial charge is 0.497 e. The third-order valence-electron chi connectivity index (χ3n) is 5.94. The molecule has 0 bridgehead atoms. The van der Waals surface area contributed by atoms with E-state index < -0.39 is 5.97 Å². The van der Waals surface area contributed by atoms with E-state index in [1.165, 1.54) is 6.07 Å². The predicted molar refractivity (Wildman–Crippen MR) is 122 cm³/mol. The van der Waals surface area contributed by atoms with E-state index in [0.717, 1.165) is 51.8 Å². The molecule has 3 aromatic rings. The number of aromatic carboxylic acids is 1. The Bertz CT molecular complexity index is 1160. The van der Waals surface area contributed by atoms with E-state index in [-0.39, 0.29) is 18.0 Å². The molecule has 0 amide bonds. The summed E-state index contributed by atoms with van der Waals surface area (Å²) in [4.78, 5) is 11.1. The van der Waals surface area contributed by atoms with Crippen LogP contribution in [0.2, 0.25) is 0 Å². The van der Waals surface area contributed by atoms with E-state index in [0.29, 0.717) is 18.6 Å². The highest BCUT2D eigenvalue weighted by atomic mass is 19.1. The van der Waals surface area contributed by atoms with Crippen molar-refractivity contribution in [3.63, 3.8) is 0 Å². The molecule has 1 aliphatic rings. The van der Waals surface area contributed by atoms with E-state index in [9.17, 15) is 14.3 Å². The molecular formula is C27H25FO4. The van der Waals surface area contributed by atoms with Crippen molar-refractivity contribution in [2.45, 2.75) is 32.3 Å². The normalized spacial score (nSPS) is 12.4. The number of aliphatic hydroxyl groups is 1. The Kier molecular flexibility index (Phi) is 6.37. The minimum absolute atomic E-state index is 0.0691. The van der Waals surface area contributed by atoms with E-state index in [2.05, 4.69) is 6.08 Å². The summed E-state index contributed by atoms with van der Waals surface area (Å²) < 4.78 is 19.9. The summed E-state index contributed by atoms with van der Waals surface area (Å²) in [7, 11) is 1.60. The van der Waals surface area contributed by atoms with Gasteiger partial charge in [0.2, 0.25) is 0 Å². The maximum atomic E-state index is 14.6. The SMILES string of the molecule is COc1cc(CO)cc(CC2=CCc3c(F)ccc(CCc4ccc(C(=O)O)cc4)c32)c1. The Hall–Kier alpha value is -3.44. The number of allylic oxidation sites excluding steroid dienone is 2. The van der Waals surface area contributed by atoms with Gasteiger partial charge in [-0.3, -0.25) is 0 Å². The Balaban J connectivity index is 1.58.